The van der Waals surface area contributed by atoms with Gasteiger partial charge in [-0.1, -0.05) is 18.2 Å². The molecule has 0 radical (unpaired) electrons. The van der Waals surface area contributed by atoms with Crippen LogP contribution in [0.5, 0.6) is 5.75 Å². The molecule has 0 amide bonds. The fourth-order valence-electron chi connectivity index (χ4n) is 1.83. The van der Waals surface area contributed by atoms with Crippen molar-refractivity contribution in [1.82, 2.24) is 0 Å². The number of ketones is 1. The number of carbonyl (C=O) groups is 1. The first-order valence-corrected chi connectivity index (χ1v) is 6.50. The largest absolute Gasteiger partial charge is 0.494 e. The highest BCUT2D eigenvalue weighted by molar-refractivity contribution is 6.07. The second kappa shape index (κ2) is 6.79. The van der Waals surface area contributed by atoms with Crippen LogP contribution >= 0.6 is 0 Å². The average Bonchev–Trinajstić information content (AvgIpc) is 2.45. The Bertz CT molecular complexity index is 678. The Balaban J connectivity index is 2.16. The zero-order valence-corrected chi connectivity index (χ0v) is 11.5. The van der Waals surface area contributed by atoms with E-state index in [1.807, 2.05) is 13.0 Å². The minimum absolute atomic E-state index is 0.159. The SMILES string of the molecule is CCOc1cccc(/C=C/C(=O)c2ccc(F)cc2F)c1. The van der Waals surface area contributed by atoms with Crippen molar-refractivity contribution < 1.29 is 18.3 Å². The van der Waals surface area contributed by atoms with Crippen LogP contribution < -0.4 is 4.74 Å². The van der Waals surface area contributed by atoms with Gasteiger partial charge in [-0.25, -0.2) is 8.78 Å². The van der Waals surface area contributed by atoms with Crippen molar-refractivity contribution >= 4 is 11.9 Å². The molecule has 0 aliphatic rings. The third-order valence-corrected chi connectivity index (χ3v) is 2.79. The Morgan fingerprint density at radius 1 is 1.19 bits per heavy atom. The number of ether oxygens (including phenoxy) is 1. The summed E-state index contributed by atoms with van der Waals surface area (Å²) in [5.41, 5.74) is 0.602. The van der Waals surface area contributed by atoms with Crippen molar-refractivity contribution in [3.05, 3.63) is 71.3 Å². The van der Waals surface area contributed by atoms with E-state index >= 15 is 0 Å². The van der Waals surface area contributed by atoms with Crippen molar-refractivity contribution in [3.63, 3.8) is 0 Å². The normalized spacial score (nSPS) is 10.8. The Morgan fingerprint density at radius 2 is 2.00 bits per heavy atom. The smallest absolute Gasteiger partial charge is 0.188 e. The van der Waals surface area contributed by atoms with Crippen molar-refractivity contribution in [2.24, 2.45) is 0 Å². The van der Waals surface area contributed by atoms with Crippen LogP contribution in [0.2, 0.25) is 0 Å². The van der Waals surface area contributed by atoms with Gasteiger partial charge in [0.25, 0.3) is 0 Å². The van der Waals surface area contributed by atoms with Crippen molar-refractivity contribution in [1.29, 1.82) is 0 Å². The zero-order chi connectivity index (χ0) is 15.2. The molecule has 0 N–H and O–H groups in total. The highest BCUT2D eigenvalue weighted by atomic mass is 19.1. The number of halogens is 2. The van der Waals surface area contributed by atoms with Gasteiger partial charge >= 0.3 is 0 Å². The van der Waals surface area contributed by atoms with E-state index in [-0.39, 0.29) is 5.56 Å². The Hall–Kier alpha value is -2.49. The molecule has 2 rings (SSSR count). The summed E-state index contributed by atoms with van der Waals surface area (Å²) < 4.78 is 31.6. The summed E-state index contributed by atoms with van der Waals surface area (Å²) >= 11 is 0. The second-order valence-electron chi connectivity index (χ2n) is 4.33. The van der Waals surface area contributed by atoms with E-state index in [2.05, 4.69) is 0 Å². The second-order valence-corrected chi connectivity index (χ2v) is 4.33. The molecule has 0 saturated heterocycles. The summed E-state index contributed by atoms with van der Waals surface area (Å²) in [5.74, 6) is -1.40. The van der Waals surface area contributed by atoms with E-state index in [1.165, 1.54) is 6.08 Å². The first kappa shape index (κ1) is 14.9. The molecule has 0 bridgehead atoms. The molecule has 0 aliphatic heterocycles. The van der Waals surface area contributed by atoms with Crippen molar-refractivity contribution in [3.8, 4) is 5.75 Å². The van der Waals surface area contributed by atoms with E-state index in [9.17, 15) is 13.6 Å². The van der Waals surface area contributed by atoms with Crippen LogP contribution in [0, 0.1) is 11.6 Å². The summed E-state index contributed by atoms with van der Waals surface area (Å²) in [6, 6.07) is 10.1. The van der Waals surface area contributed by atoms with Gasteiger partial charge in [-0.2, -0.15) is 0 Å². The highest BCUT2D eigenvalue weighted by Crippen LogP contribution is 2.16. The maximum Gasteiger partial charge on any atom is 0.188 e. The zero-order valence-electron chi connectivity index (χ0n) is 11.5. The molecule has 0 atom stereocenters. The summed E-state index contributed by atoms with van der Waals surface area (Å²) in [6.07, 6.45) is 2.81. The molecule has 0 spiro atoms. The van der Waals surface area contributed by atoms with Gasteiger partial charge in [0.15, 0.2) is 5.78 Å². The van der Waals surface area contributed by atoms with Crippen LogP contribution in [0.1, 0.15) is 22.8 Å². The predicted molar refractivity (Wildman–Crippen MR) is 77.3 cm³/mol. The van der Waals surface area contributed by atoms with Gasteiger partial charge in [-0.15, -0.1) is 0 Å². The molecule has 0 unspecified atom stereocenters. The van der Waals surface area contributed by atoms with Gasteiger partial charge in [-0.3, -0.25) is 4.79 Å². The van der Waals surface area contributed by atoms with E-state index in [1.54, 1.807) is 24.3 Å². The molecule has 4 heteroatoms. The number of hydrogen-bond donors (Lipinski definition) is 0. The van der Waals surface area contributed by atoms with Crippen LogP contribution in [0.15, 0.2) is 48.5 Å². The van der Waals surface area contributed by atoms with Crippen molar-refractivity contribution in [2.45, 2.75) is 6.92 Å². The molecule has 2 aromatic rings. The average molecular weight is 288 g/mol. The topological polar surface area (TPSA) is 26.3 Å². The molecular weight excluding hydrogens is 274 g/mol. The first-order valence-electron chi connectivity index (χ1n) is 6.50. The molecule has 108 valence electrons. The monoisotopic (exact) mass is 288 g/mol. The lowest BCUT2D eigenvalue weighted by Crippen LogP contribution is -1.99. The molecule has 0 aromatic heterocycles. The first-order chi connectivity index (χ1) is 10.1. The maximum atomic E-state index is 13.5. The minimum atomic E-state index is -0.868. The number of hydrogen-bond acceptors (Lipinski definition) is 2. The van der Waals surface area contributed by atoms with Crippen LogP contribution in [0.4, 0.5) is 8.78 Å². The minimum Gasteiger partial charge on any atom is -0.494 e. The summed E-state index contributed by atoms with van der Waals surface area (Å²) in [7, 11) is 0. The quantitative estimate of drug-likeness (QED) is 0.607. The highest BCUT2D eigenvalue weighted by Gasteiger charge is 2.09. The van der Waals surface area contributed by atoms with Crippen molar-refractivity contribution in [2.75, 3.05) is 6.61 Å². The molecule has 2 aromatic carbocycles. The lowest BCUT2D eigenvalue weighted by atomic mass is 10.1. The molecule has 0 aliphatic carbocycles. The van der Waals surface area contributed by atoms with Gasteiger partial charge < -0.3 is 4.74 Å². The fourth-order valence-corrected chi connectivity index (χ4v) is 1.83. The van der Waals surface area contributed by atoms with E-state index in [0.29, 0.717) is 18.4 Å². The molecule has 0 fully saturated rings. The lowest BCUT2D eigenvalue weighted by molar-refractivity contribution is 0.104. The summed E-state index contributed by atoms with van der Waals surface area (Å²) in [5, 5.41) is 0. The Labute approximate surface area is 121 Å². The molecule has 0 heterocycles. The third-order valence-electron chi connectivity index (χ3n) is 2.79. The van der Waals surface area contributed by atoms with Crippen LogP contribution in [0.25, 0.3) is 6.08 Å². The van der Waals surface area contributed by atoms with Gasteiger partial charge in [0.05, 0.1) is 12.2 Å². The van der Waals surface area contributed by atoms with Crippen LogP contribution in [-0.2, 0) is 0 Å². The van der Waals surface area contributed by atoms with Gasteiger partial charge in [0.2, 0.25) is 0 Å². The van der Waals surface area contributed by atoms with Gasteiger partial charge in [0.1, 0.15) is 17.4 Å². The summed E-state index contributed by atoms with van der Waals surface area (Å²) in [4.78, 5) is 11.9. The van der Waals surface area contributed by atoms with E-state index in [0.717, 1.165) is 17.7 Å². The molecular formula is C17H14F2O2. The summed E-state index contributed by atoms with van der Waals surface area (Å²) in [6.45, 7) is 2.43. The molecule has 0 saturated carbocycles. The van der Waals surface area contributed by atoms with Crippen LogP contribution in [0.3, 0.4) is 0 Å². The van der Waals surface area contributed by atoms with E-state index in [4.69, 9.17) is 4.74 Å². The lowest BCUT2D eigenvalue weighted by Gasteiger charge is -2.03. The predicted octanol–water partition coefficient (Wildman–Crippen LogP) is 4.26. The Kier molecular flexibility index (Phi) is 4.82. The Morgan fingerprint density at radius 3 is 2.71 bits per heavy atom. The maximum absolute atomic E-state index is 13.5. The fraction of sp³-hybridized carbons (Fsp3) is 0.118. The molecule has 21 heavy (non-hydrogen) atoms. The standard InChI is InChI=1S/C17H14F2O2/c1-2-21-14-5-3-4-12(10-14)6-9-17(20)15-8-7-13(18)11-16(15)19/h3-11H,2H2,1H3/b9-6+. The van der Waals surface area contributed by atoms with Gasteiger partial charge in [0, 0.05) is 6.07 Å². The van der Waals surface area contributed by atoms with Crippen LogP contribution in [-0.4, -0.2) is 12.4 Å². The number of allylic oxidation sites excluding steroid dienone is 1. The van der Waals surface area contributed by atoms with E-state index < -0.39 is 17.4 Å². The number of rotatable bonds is 5. The van der Waals surface area contributed by atoms with Gasteiger partial charge in [-0.05, 0) is 42.8 Å². The number of benzene rings is 2. The number of carbonyl (C=O) groups excluding carboxylic acids is 1. The molecule has 2 nitrogen and oxygen atoms in total. The third kappa shape index (κ3) is 3.99.